The minimum Gasteiger partial charge on any atom is -0.206 e. The third kappa shape index (κ3) is 3.91. The van der Waals surface area contributed by atoms with Crippen molar-refractivity contribution in [3.63, 3.8) is 0 Å². The summed E-state index contributed by atoms with van der Waals surface area (Å²) in [6.07, 6.45) is 0.784. The van der Waals surface area contributed by atoms with E-state index < -0.39 is 10.0 Å². The first kappa shape index (κ1) is 15.9. The third-order valence-electron chi connectivity index (χ3n) is 2.02. The molecule has 1 heterocycles. The zero-order chi connectivity index (χ0) is 13.1. The van der Waals surface area contributed by atoms with Crippen molar-refractivity contribution in [1.29, 1.82) is 0 Å². The Morgan fingerprint density at radius 3 is 2.53 bits per heavy atom. The van der Waals surface area contributed by atoms with Crippen LogP contribution in [0.2, 0.25) is 5.02 Å². The lowest BCUT2D eigenvalue weighted by atomic mass is 10.5. The van der Waals surface area contributed by atoms with Crippen LogP contribution in [0.25, 0.3) is 0 Å². The molecule has 0 unspecified atom stereocenters. The van der Waals surface area contributed by atoms with Crippen molar-refractivity contribution in [1.82, 2.24) is 4.31 Å². The minimum absolute atomic E-state index is 0.281. The van der Waals surface area contributed by atoms with Crippen molar-refractivity contribution in [2.45, 2.75) is 17.6 Å². The van der Waals surface area contributed by atoms with Crippen LogP contribution < -0.4 is 0 Å². The average Bonchev–Trinajstić information content (AvgIpc) is 2.59. The standard InChI is InChI=1S/C9H12Br2ClNO2S2/c1-2-4-13(5-3-10)17(14,15)8-6-7(12)9(11)16-8/h6H,2-5H2,1H3. The molecule has 3 nitrogen and oxygen atoms in total. The fourth-order valence-electron chi connectivity index (χ4n) is 1.28. The van der Waals surface area contributed by atoms with Gasteiger partial charge in [-0.1, -0.05) is 34.5 Å². The molecule has 0 spiro atoms. The molecule has 1 aromatic rings. The second-order valence-electron chi connectivity index (χ2n) is 3.28. The van der Waals surface area contributed by atoms with Crippen LogP contribution in [0.5, 0.6) is 0 Å². The van der Waals surface area contributed by atoms with Gasteiger partial charge in [0.05, 0.1) is 8.81 Å². The summed E-state index contributed by atoms with van der Waals surface area (Å²) in [6, 6.07) is 1.49. The second-order valence-corrected chi connectivity index (χ2v) is 9.02. The summed E-state index contributed by atoms with van der Waals surface area (Å²) in [4.78, 5) is 0. The van der Waals surface area contributed by atoms with Crippen LogP contribution in [-0.2, 0) is 10.0 Å². The summed E-state index contributed by atoms with van der Waals surface area (Å²) in [5.41, 5.74) is 0. The van der Waals surface area contributed by atoms with E-state index >= 15 is 0 Å². The first-order valence-electron chi connectivity index (χ1n) is 4.94. The van der Waals surface area contributed by atoms with Crippen LogP contribution in [0, 0.1) is 0 Å². The normalized spacial score (nSPS) is 12.3. The third-order valence-corrected chi connectivity index (χ3v) is 7.20. The molecule has 0 N–H and O–H groups in total. The van der Waals surface area contributed by atoms with Crippen LogP contribution in [0.3, 0.4) is 0 Å². The molecular formula is C9H12Br2ClNO2S2. The molecule has 1 aromatic heterocycles. The second kappa shape index (κ2) is 6.86. The molecular weight excluding hydrogens is 413 g/mol. The van der Waals surface area contributed by atoms with Crippen molar-refractivity contribution >= 4 is 64.8 Å². The number of thiophene rings is 1. The Labute approximate surface area is 127 Å². The predicted octanol–water partition coefficient (Wildman–Crippen LogP) is 3.96. The number of hydrogen-bond donors (Lipinski definition) is 0. The summed E-state index contributed by atoms with van der Waals surface area (Å²) in [5.74, 6) is 0. The van der Waals surface area contributed by atoms with E-state index in [1.807, 2.05) is 6.92 Å². The number of sulfonamides is 1. The highest BCUT2D eigenvalue weighted by molar-refractivity contribution is 9.11. The van der Waals surface area contributed by atoms with Gasteiger partial charge in [0.1, 0.15) is 4.21 Å². The fraction of sp³-hybridized carbons (Fsp3) is 0.556. The monoisotopic (exact) mass is 423 g/mol. The van der Waals surface area contributed by atoms with Crippen molar-refractivity contribution in [3.05, 3.63) is 14.9 Å². The van der Waals surface area contributed by atoms with E-state index in [1.54, 1.807) is 0 Å². The molecule has 0 aromatic carbocycles. The topological polar surface area (TPSA) is 37.4 Å². The van der Waals surface area contributed by atoms with Crippen LogP contribution in [0.15, 0.2) is 14.1 Å². The zero-order valence-electron chi connectivity index (χ0n) is 9.12. The fourth-order valence-corrected chi connectivity index (χ4v) is 6.03. The van der Waals surface area contributed by atoms with E-state index in [4.69, 9.17) is 11.6 Å². The van der Waals surface area contributed by atoms with E-state index in [1.165, 1.54) is 10.4 Å². The molecule has 1 rings (SSSR count). The summed E-state index contributed by atoms with van der Waals surface area (Å²) < 4.78 is 27.0. The number of rotatable bonds is 6. The van der Waals surface area contributed by atoms with Crippen LogP contribution in [-0.4, -0.2) is 31.1 Å². The smallest absolute Gasteiger partial charge is 0.206 e. The van der Waals surface area contributed by atoms with Gasteiger partial charge in [-0.25, -0.2) is 8.42 Å². The maximum atomic E-state index is 12.3. The van der Waals surface area contributed by atoms with Gasteiger partial charge in [0.15, 0.2) is 0 Å². The van der Waals surface area contributed by atoms with Crippen molar-refractivity contribution < 1.29 is 8.42 Å². The summed E-state index contributed by atoms with van der Waals surface area (Å²) in [7, 11) is -3.42. The Kier molecular flexibility index (Phi) is 6.42. The minimum atomic E-state index is -3.42. The van der Waals surface area contributed by atoms with Gasteiger partial charge in [0.25, 0.3) is 10.0 Å². The van der Waals surface area contributed by atoms with Crippen molar-refractivity contribution in [2.75, 3.05) is 18.4 Å². The number of nitrogens with zero attached hydrogens (tertiary/aromatic N) is 1. The van der Waals surface area contributed by atoms with E-state index in [2.05, 4.69) is 31.9 Å². The van der Waals surface area contributed by atoms with Gasteiger partial charge in [-0.3, -0.25) is 0 Å². The SMILES string of the molecule is CCCN(CCBr)S(=O)(=O)c1cc(Cl)c(Br)s1. The molecule has 98 valence electrons. The van der Waals surface area contributed by atoms with Crippen LogP contribution >= 0.6 is 54.8 Å². The molecule has 8 heteroatoms. The molecule has 0 bridgehead atoms. The Balaban J connectivity index is 3.06. The summed E-state index contributed by atoms with van der Waals surface area (Å²) in [5, 5.41) is 1.05. The predicted molar refractivity (Wildman–Crippen MR) is 79.9 cm³/mol. The van der Waals surface area contributed by atoms with Gasteiger partial charge in [-0.05, 0) is 28.4 Å². The van der Waals surface area contributed by atoms with Gasteiger partial charge >= 0.3 is 0 Å². The number of halogens is 3. The molecule has 0 atom stereocenters. The summed E-state index contributed by atoms with van der Waals surface area (Å²) in [6.45, 7) is 2.93. The highest BCUT2D eigenvalue weighted by Crippen LogP contribution is 2.35. The highest BCUT2D eigenvalue weighted by atomic mass is 79.9. The van der Waals surface area contributed by atoms with E-state index in [-0.39, 0.29) is 4.21 Å². The summed E-state index contributed by atoms with van der Waals surface area (Å²) >= 11 is 13.5. The van der Waals surface area contributed by atoms with Gasteiger partial charge in [-0.15, -0.1) is 11.3 Å². The highest BCUT2D eigenvalue weighted by Gasteiger charge is 2.26. The van der Waals surface area contributed by atoms with Crippen LogP contribution in [0.4, 0.5) is 0 Å². The quantitative estimate of drug-likeness (QED) is 0.647. The molecule has 0 saturated heterocycles. The molecule has 0 fully saturated rings. The maximum absolute atomic E-state index is 12.3. The molecule has 0 amide bonds. The zero-order valence-corrected chi connectivity index (χ0v) is 14.7. The molecule has 0 aliphatic heterocycles. The number of hydrogen-bond acceptors (Lipinski definition) is 3. The Morgan fingerprint density at radius 1 is 1.47 bits per heavy atom. The van der Waals surface area contributed by atoms with Gasteiger partial charge < -0.3 is 0 Å². The van der Waals surface area contributed by atoms with Gasteiger partial charge in [-0.2, -0.15) is 4.31 Å². The van der Waals surface area contributed by atoms with E-state index in [0.29, 0.717) is 27.2 Å². The Morgan fingerprint density at radius 2 is 2.12 bits per heavy atom. The average molecular weight is 426 g/mol. The lowest BCUT2D eigenvalue weighted by Gasteiger charge is -2.19. The van der Waals surface area contributed by atoms with Gasteiger partial charge in [0.2, 0.25) is 0 Å². The number of alkyl halides is 1. The Hall–Kier alpha value is 0.860. The molecule has 17 heavy (non-hydrogen) atoms. The Bertz CT molecular complexity index is 450. The molecule has 0 aliphatic rings. The first-order chi connectivity index (χ1) is 7.93. The maximum Gasteiger partial charge on any atom is 0.252 e. The van der Waals surface area contributed by atoms with Crippen molar-refractivity contribution in [3.8, 4) is 0 Å². The van der Waals surface area contributed by atoms with Crippen molar-refractivity contribution in [2.24, 2.45) is 0 Å². The first-order valence-corrected chi connectivity index (χ1v) is 9.49. The molecule has 0 saturated carbocycles. The molecule has 0 aliphatic carbocycles. The van der Waals surface area contributed by atoms with E-state index in [9.17, 15) is 8.42 Å². The van der Waals surface area contributed by atoms with Gasteiger partial charge in [0, 0.05) is 18.4 Å². The lowest BCUT2D eigenvalue weighted by Crippen LogP contribution is -2.32. The van der Waals surface area contributed by atoms with E-state index in [0.717, 1.165) is 17.8 Å². The molecule has 0 radical (unpaired) electrons. The van der Waals surface area contributed by atoms with Crippen LogP contribution in [0.1, 0.15) is 13.3 Å². The lowest BCUT2D eigenvalue weighted by molar-refractivity contribution is 0.431. The largest absolute Gasteiger partial charge is 0.252 e.